The summed E-state index contributed by atoms with van der Waals surface area (Å²) in [7, 11) is 0. The minimum Gasteiger partial charge on any atom is -0.370 e. The molecule has 1 aromatic carbocycles. The van der Waals surface area contributed by atoms with Crippen molar-refractivity contribution in [3.05, 3.63) is 60.2 Å². The highest BCUT2D eigenvalue weighted by molar-refractivity contribution is 5.47. The molecule has 0 bridgehead atoms. The summed E-state index contributed by atoms with van der Waals surface area (Å²) in [5.41, 5.74) is 2.08. The number of pyridine rings is 1. The zero-order valence-corrected chi connectivity index (χ0v) is 14.4. The summed E-state index contributed by atoms with van der Waals surface area (Å²) in [6, 6.07) is 11.0. The van der Waals surface area contributed by atoms with Crippen LogP contribution in [0.2, 0.25) is 0 Å². The molecule has 0 saturated carbocycles. The van der Waals surface area contributed by atoms with E-state index >= 15 is 0 Å². The molecule has 132 valence electrons. The molecule has 2 saturated heterocycles. The van der Waals surface area contributed by atoms with Gasteiger partial charge in [0.15, 0.2) is 0 Å². The maximum Gasteiger partial charge on any atom is 0.125 e. The van der Waals surface area contributed by atoms with Crippen LogP contribution in [0.25, 0.3) is 0 Å². The molecule has 4 nitrogen and oxygen atoms in total. The molecule has 5 heteroatoms. The largest absolute Gasteiger partial charge is 0.370 e. The van der Waals surface area contributed by atoms with Crippen LogP contribution in [0, 0.1) is 5.82 Å². The van der Waals surface area contributed by atoms with Crippen LogP contribution in [0.3, 0.4) is 0 Å². The fraction of sp³-hybridized carbons (Fsp3) is 0.450. The van der Waals surface area contributed by atoms with Crippen LogP contribution in [-0.4, -0.2) is 48.3 Å². The fourth-order valence-corrected chi connectivity index (χ4v) is 4.04. The summed E-state index contributed by atoms with van der Waals surface area (Å²) in [5, 5.41) is 0. The van der Waals surface area contributed by atoms with Gasteiger partial charge in [-0.2, -0.15) is 0 Å². The lowest BCUT2D eigenvalue weighted by molar-refractivity contribution is -0.116. The summed E-state index contributed by atoms with van der Waals surface area (Å²) >= 11 is 0. The number of halogens is 1. The second kappa shape index (κ2) is 7.10. The topological polar surface area (TPSA) is 28.6 Å². The number of rotatable bonds is 3. The van der Waals surface area contributed by atoms with Crippen molar-refractivity contribution in [3.63, 3.8) is 0 Å². The average Bonchev–Trinajstić information content (AvgIpc) is 2.63. The molecular weight excluding hydrogens is 317 g/mol. The quantitative estimate of drug-likeness (QED) is 0.858. The maximum atomic E-state index is 13.6. The van der Waals surface area contributed by atoms with Crippen LogP contribution in [0.15, 0.2) is 48.8 Å². The van der Waals surface area contributed by atoms with E-state index in [1.54, 1.807) is 12.1 Å². The predicted molar refractivity (Wildman–Crippen MR) is 96.0 cm³/mol. The second-order valence-corrected chi connectivity index (χ2v) is 7.10. The average molecular weight is 341 g/mol. The van der Waals surface area contributed by atoms with Gasteiger partial charge in [0.2, 0.25) is 0 Å². The van der Waals surface area contributed by atoms with Crippen molar-refractivity contribution in [2.45, 2.75) is 25.0 Å². The van der Waals surface area contributed by atoms with Crippen molar-refractivity contribution in [1.29, 1.82) is 0 Å². The third-order valence-corrected chi connectivity index (χ3v) is 5.20. The predicted octanol–water partition coefficient (Wildman–Crippen LogP) is 3.09. The first-order valence-electron chi connectivity index (χ1n) is 8.98. The number of aromatic nitrogens is 1. The number of nitrogens with zero attached hydrogens (tertiary/aromatic N) is 3. The highest BCUT2D eigenvalue weighted by Crippen LogP contribution is 2.32. The first-order valence-corrected chi connectivity index (χ1v) is 8.98. The number of piperidine rings is 1. The van der Waals surface area contributed by atoms with E-state index in [1.165, 1.54) is 11.6 Å². The second-order valence-electron chi connectivity index (χ2n) is 7.10. The number of benzene rings is 1. The van der Waals surface area contributed by atoms with Gasteiger partial charge in [-0.1, -0.05) is 6.07 Å². The van der Waals surface area contributed by atoms with Crippen LogP contribution in [0.5, 0.6) is 0 Å². The molecule has 3 heterocycles. The molecular formula is C20H24FN3O. The minimum atomic E-state index is -0.180. The van der Waals surface area contributed by atoms with E-state index in [9.17, 15) is 4.39 Å². The van der Waals surface area contributed by atoms with Crippen molar-refractivity contribution in [3.8, 4) is 0 Å². The Morgan fingerprint density at radius 2 is 2.00 bits per heavy atom. The van der Waals surface area contributed by atoms with Crippen LogP contribution in [0.1, 0.15) is 18.4 Å². The molecule has 1 atom stereocenters. The molecule has 25 heavy (non-hydrogen) atoms. The lowest BCUT2D eigenvalue weighted by atomic mass is 9.90. The van der Waals surface area contributed by atoms with Crippen molar-refractivity contribution in [2.24, 2.45) is 0 Å². The zero-order chi connectivity index (χ0) is 17.1. The van der Waals surface area contributed by atoms with Crippen molar-refractivity contribution in [2.75, 3.05) is 37.7 Å². The van der Waals surface area contributed by atoms with E-state index in [0.29, 0.717) is 0 Å². The van der Waals surface area contributed by atoms with E-state index in [-0.39, 0.29) is 11.4 Å². The van der Waals surface area contributed by atoms with Crippen LogP contribution < -0.4 is 4.90 Å². The van der Waals surface area contributed by atoms with Gasteiger partial charge in [-0.15, -0.1) is 0 Å². The first-order chi connectivity index (χ1) is 12.2. The smallest absolute Gasteiger partial charge is 0.125 e. The van der Waals surface area contributed by atoms with Gasteiger partial charge in [0.25, 0.3) is 0 Å². The molecule has 2 aromatic rings. The summed E-state index contributed by atoms with van der Waals surface area (Å²) in [4.78, 5) is 8.82. The zero-order valence-electron chi connectivity index (χ0n) is 14.4. The Labute approximate surface area is 148 Å². The first kappa shape index (κ1) is 16.5. The van der Waals surface area contributed by atoms with E-state index in [4.69, 9.17) is 4.74 Å². The van der Waals surface area contributed by atoms with E-state index in [0.717, 1.165) is 57.9 Å². The molecule has 2 aliphatic rings. The number of hydrogen-bond acceptors (Lipinski definition) is 4. The molecule has 0 unspecified atom stereocenters. The van der Waals surface area contributed by atoms with E-state index in [2.05, 4.69) is 26.9 Å². The van der Waals surface area contributed by atoms with Crippen LogP contribution in [-0.2, 0) is 11.3 Å². The Hall–Kier alpha value is -1.98. The van der Waals surface area contributed by atoms with Crippen LogP contribution >= 0.6 is 0 Å². The van der Waals surface area contributed by atoms with Gasteiger partial charge in [0, 0.05) is 50.8 Å². The van der Waals surface area contributed by atoms with E-state index < -0.39 is 0 Å². The molecule has 2 fully saturated rings. The highest BCUT2D eigenvalue weighted by Gasteiger charge is 2.40. The molecule has 4 rings (SSSR count). The standard InChI is InChI=1S/C20H24FN3O/c21-18-3-1-4-19(13-18)24-10-2-7-20(16-24)15-23(11-12-25-20)14-17-5-8-22-9-6-17/h1,3-6,8-9,13H,2,7,10-12,14-16H2/t20-/m0/s1. The van der Waals surface area contributed by atoms with Crippen molar-refractivity contribution < 1.29 is 9.13 Å². The Kier molecular flexibility index (Phi) is 4.68. The van der Waals surface area contributed by atoms with Crippen molar-refractivity contribution in [1.82, 2.24) is 9.88 Å². The van der Waals surface area contributed by atoms with Gasteiger partial charge >= 0.3 is 0 Å². The highest BCUT2D eigenvalue weighted by atomic mass is 19.1. The maximum absolute atomic E-state index is 13.6. The lowest BCUT2D eigenvalue weighted by Gasteiger charge is -2.48. The van der Waals surface area contributed by atoms with Gasteiger partial charge < -0.3 is 9.64 Å². The summed E-state index contributed by atoms with van der Waals surface area (Å²) in [6.07, 6.45) is 5.82. The molecule has 0 radical (unpaired) electrons. The number of hydrogen-bond donors (Lipinski definition) is 0. The lowest BCUT2D eigenvalue weighted by Crippen LogP contribution is -2.59. The number of ether oxygens (including phenoxy) is 1. The fourth-order valence-electron chi connectivity index (χ4n) is 4.04. The third-order valence-electron chi connectivity index (χ3n) is 5.20. The number of anilines is 1. The van der Waals surface area contributed by atoms with Gasteiger partial charge in [0.05, 0.1) is 12.2 Å². The van der Waals surface area contributed by atoms with Gasteiger partial charge in [-0.05, 0) is 48.7 Å². The van der Waals surface area contributed by atoms with E-state index in [1.807, 2.05) is 18.5 Å². The molecule has 0 amide bonds. The number of morpholine rings is 1. The third kappa shape index (κ3) is 3.83. The van der Waals surface area contributed by atoms with Crippen molar-refractivity contribution >= 4 is 5.69 Å². The van der Waals surface area contributed by atoms with Crippen LogP contribution in [0.4, 0.5) is 10.1 Å². The monoisotopic (exact) mass is 341 g/mol. The molecule has 0 aliphatic carbocycles. The molecule has 0 N–H and O–H groups in total. The minimum absolute atomic E-state index is 0.157. The normalized spacial score (nSPS) is 24.6. The summed E-state index contributed by atoms with van der Waals surface area (Å²) < 4.78 is 19.9. The SMILES string of the molecule is Fc1cccc(N2CCC[C@]3(CN(Cc4ccncc4)CCO3)C2)c1. The molecule has 1 spiro atoms. The Morgan fingerprint density at radius 1 is 1.12 bits per heavy atom. The Bertz CT molecular complexity index is 707. The Morgan fingerprint density at radius 3 is 2.84 bits per heavy atom. The molecule has 1 aromatic heterocycles. The molecule has 2 aliphatic heterocycles. The van der Waals surface area contributed by atoms with Gasteiger partial charge in [-0.3, -0.25) is 9.88 Å². The van der Waals surface area contributed by atoms with Gasteiger partial charge in [0.1, 0.15) is 5.82 Å². The summed E-state index contributed by atoms with van der Waals surface area (Å²) in [6.45, 7) is 5.32. The Balaban J connectivity index is 1.46. The van der Waals surface area contributed by atoms with Gasteiger partial charge in [-0.25, -0.2) is 4.39 Å². The summed E-state index contributed by atoms with van der Waals surface area (Å²) in [5.74, 6) is -0.180.